The zero-order valence-corrected chi connectivity index (χ0v) is 11.2. The summed E-state index contributed by atoms with van der Waals surface area (Å²) < 4.78 is 0. The molecule has 20 heavy (non-hydrogen) atoms. The summed E-state index contributed by atoms with van der Waals surface area (Å²) in [6, 6.07) is 13.7. The molecule has 0 aromatic heterocycles. The van der Waals surface area contributed by atoms with Gasteiger partial charge in [0.15, 0.2) is 0 Å². The normalized spacial score (nSPS) is 16.9. The van der Waals surface area contributed by atoms with Crippen LogP contribution in [-0.2, 0) is 6.42 Å². The SMILES string of the molecule is CC1Cc2cc(C=O)ccc2N1c1ccc(C=O)cc1. The largest absolute Gasteiger partial charge is 0.338 e. The Hall–Kier alpha value is -2.42. The van der Waals surface area contributed by atoms with E-state index in [1.807, 2.05) is 42.5 Å². The van der Waals surface area contributed by atoms with Gasteiger partial charge in [0.25, 0.3) is 0 Å². The summed E-state index contributed by atoms with van der Waals surface area (Å²) in [6.45, 7) is 2.16. The summed E-state index contributed by atoms with van der Waals surface area (Å²) >= 11 is 0. The average molecular weight is 265 g/mol. The topological polar surface area (TPSA) is 37.4 Å². The molecule has 1 unspecified atom stereocenters. The van der Waals surface area contributed by atoms with E-state index in [-0.39, 0.29) is 0 Å². The average Bonchev–Trinajstić information content (AvgIpc) is 2.82. The minimum atomic E-state index is 0.342. The van der Waals surface area contributed by atoms with E-state index in [4.69, 9.17) is 0 Å². The number of fused-ring (bicyclic) bond motifs is 1. The van der Waals surface area contributed by atoms with E-state index in [9.17, 15) is 9.59 Å². The van der Waals surface area contributed by atoms with Gasteiger partial charge in [-0.1, -0.05) is 0 Å². The van der Waals surface area contributed by atoms with Gasteiger partial charge in [0.2, 0.25) is 0 Å². The third-order valence-corrected chi connectivity index (χ3v) is 3.76. The van der Waals surface area contributed by atoms with Crippen molar-refractivity contribution in [3.8, 4) is 0 Å². The summed E-state index contributed by atoms with van der Waals surface area (Å²) in [5, 5.41) is 0. The van der Waals surface area contributed by atoms with Gasteiger partial charge in [-0.15, -0.1) is 0 Å². The van der Waals surface area contributed by atoms with Crippen LogP contribution in [-0.4, -0.2) is 18.6 Å². The predicted octanol–water partition coefficient (Wildman–Crippen LogP) is 3.39. The first kappa shape index (κ1) is 12.6. The molecule has 0 amide bonds. The fourth-order valence-electron chi connectivity index (χ4n) is 2.83. The third kappa shape index (κ3) is 2.01. The molecule has 0 radical (unpaired) electrons. The van der Waals surface area contributed by atoms with E-state index in [2.05, 4.69) is 11.8 Å². The first-order valence-corrected chi connectivity index (χ1v) is 6.65. The van der Waals surface area contributed by atoms with Crippen LogP contribution in [0.5, 0.6) is 0 Å². The summed E-state index contributed by atoms with van der Waals surface area (Å²) in [5.74, 6) is 0. The Morgan fingerprint density at radius 3 is 2.30 bits per heavy atom. The van der Waals surface area contributed by atoms with Crippen LogP contribution in [0.4, 0.5) is 11.4 Å². The highest BCUT2D eigenvalue weighted by Gasteiger charge is 2.27. The van der Waals surface area contributed by atoms with Crippen LogP contribution in [0.2, 0.25) is 0 Å². The number of aldehydes is 2. The molecule has 0 spiro atoms. The molecular formula is C17H15NO2. The van der Waals surface area contributed by atoms with Crippen molar-refractivity contribution in [1.29, 1.82) is 0 Å². The first-order valence-electron chi connectivity index (χ1n) is 6.65. The molecule has 0 bridgehead atoms. The number of carbonyl (C=O) groups is 2. The van der Waals surface area contributed by atoms with Gasteiger partial charge in [-0.25, -0.2) is 0 Å². The number of hydrogen-bond donors (Lipinski definition) is 0. The van der Waals surface area contributed by atoms with Crippen molar-refractivity contribution in [1.82, 2.24) is 0 Å². The van der Waals surface area contributed by atoms with Crippen LogP contribution in [0.15, 0.2) is 42.5 Å². The smallest absolute Gasteiger partial charge is 0.150 e. The van der Waals surface area contributed by atoms with Crippen molar-refractivity contribution in [2.45, 2.75) is 19.4 Å². The van der Waals surface area contributed by atoms with Crippen LogP contribution in [0.3, 0.4) is 0 Å². The Morgan fingerprint density at radius 1 is 1.00 bits per heavy atom. The van der Waals surface area contributed by atoms with Crippen molar-refractivity contribution >= 4 is 23.9 Å². The molecule has 0 aliphatic carbocycles. The third-order valence-electron chi connectivity index (χ3n) is 3.76. The molecule has 3 rings (SSSR count). The lowest BCUT2D eigenvalue weighted by Crippen LogP contribution is -2.23. The van der Waals surface area contributed by atoms with Gasteiger partial charge < -0.3 is 4.90 Å². The van der Waals surface area contributed by atoms with Crippen LogP contribution in [0.25, 0.3) is 0 Å². The number of rotatable bonds is 3. The number of hydrogen-bond acceptors (Lipinski definition) is 3. The molecule has 0 N–H and O–H groups in total. The summed E-state index contributed by atoms with van der Waals surface area (Å²) in [7, 11) is 0. The second-order valence-electron chi connectivity index (χ2n) is 5.14. The van der Waals surface area contributed by atoms with Crippen LogP contribution < -0.4 is 4.90 Å². The van der Waals surface area contributed by atoms with E-state index in [1.165, 1.54) is 5.56 Å². The Labute approximate surface area is 117 Å². The van der Waals surface area contributed by atoms with Gasteiger partial charge >= 0.3 is 0 Å². The lowest BCUT2D eigenvalue weighted by atomic mass is 10.1. The van der Waals surface area contributed by atoms with E-state index >= 15 is 0 Å². The zero-order valence-electron chi connectivity index (χ0n) is 11.2. The fourth-order valence-corrected chi connectivity index (χ4v) is 2.83. The van der Waals surface area contributed by atoms with Crippen LogP contribution in [0, 0.1) is 0 Å². The monoisotopic (exact) mass is 265 g/mol. The molecule has 1 atom stereocenters. The minimum Gasteiger partial charge on any atom is -0.338 e. The molecule has 1 aliphatic rings. The second-order valence-corrected chi connectivity index (χ2v) is 5.14. The van der Waals surface area contributed by atoms with E-state index in [1.54, 1.807) is 0 Å². The van der Waals surface area contributed by atoms with E-state index in [0.717, 1.165) is 30.4 Å². The molecule has 0 saturated heterocycles. The molecule has 1 aliphatic heterocycles. The van der Waals surface area contributed by atoms with Crippen molar-refractivity contribution in [3.05, 3.63) is 59.2 Å². The molecule has 100 valence electrons. The maximum absolute atomic E-state index is 10.9. The van der Waals surface area contributed by atoms with Gasteiger partial charge in [-0.2, -0.15) is 0 Å². The maximum Gasteiger partial charge on any atom is 0.150 e. The first-order chi connectivity index (χ1) is 9.72. The molecule has 0 fully saturated rings. The molecular weight excluding hydrogens is 250 g/mol. The molecule has 3 nitrogen and oxygen atoms in total. The highest BCUT2D eigenvalue weighted by Crippen LogP contribution is 2.38. The Morgan fingerprint density at radius 2 is 1.65 bits per heavy atom. The molecule has 0 saturated carbocycles. The Balaban J connectivity index is 2.02. The quantitative estimate of drug-likeness (QED) is 0.798. The zero-order chi connectivity index (χ0) is 14.1. The van der Waals surface area contributed by atoms with Crippen molar-refractivity contribution in [2.75, 3.05) is 4.90 Å². The number of carbonyl (C=O) groups excluding carboxylic acids is 2. The van der Waals surface area contributed by atoms with Crippen molar-refractivity contribution in [3.63, 3.8) is 0 Å². The van der Waals surface area contributed by atoms with Gasteiger partial charge in [0, 0.05) is 28.5 Å². The molecule has 2 aromatic carbocycles. The molecule has 1 heterocycles. The Kier molecular flexibility index (Phi) is 3.11. The standard InChI is InChI=1S/C17H15NO2/c1-12-8-15-9-14(11-20)4-7-17(15)18(12)16-5-2-13(10-19)3-6-16/h2-7,9-12H,8H2,1H3. The number of nitrogens with zero attached hydrogens (tertiary/aromatic N) is 1. The molecule has 3 heteroatoms. The van der Waals surface area contributed by atoms with E-state index in [0.29, 0.717) is 17.2 Å². The molecule has 2 aromatic rings. The maximum atomic E-state index is 10.9. The van der Waals surface area contributed by atoms with Gasteiger partial charge in [-0.05, 0) is 61.4 Å². The van der Waals surface area contributed by atoms with Crippen LogP contribution >= 0.6 is 0 Å². The van der Waals surface area contributed by atoms with Gasteiger partial charge in [-0.3, -0.25) is 9.59 Å². The highest BCUT2D eigenvalue weighted by molar-refractivity contribution is 5.81. The fraction of sp³-hybridized carbons (Fsp3) is 0.176. The minimum absolute atomic E-state index is 0.342. The summed E-state index contributed by atoms with van der Waals surface area (Å²) in [5.41, 5.74) is 4.80. The van der Waals surface area contributed by atoms with Crippen LogP contribution in [0.1, 0.15) is 33.2 Å². The summed E-state index contributed by atoms with van der Waals surface area (Å²) in [4.78, 5) is 23.8. The van der Waals surface area contributed by atoms with Gasteiger partial charge in [0.1, 0.15) is 12.6 Å². The second kappa shape index (κ2) is 4.93. The van der Waals surface area contributed by atoms with Crippen molar-refractivity contribution in [2.24, 2.45) is 0 Å². The van der Waals surface area contributed by atoms with E-state index < -0.39 is 0 Å². The summed E-state index contributed by atoms with van der Waals surface area (Å²) in [6.07, 6.45) is 2.65. The lowest BCUT2D eigenvalue weighted by molar-refractivity contribution is 0.111. The Bertz CT molecular complexity index is 661. The predicted molar refractivity (Wildman–Crippen MR) is 79.0 cm³/mol. The lowest BCUT2D eigenvalue weighted by Gasteiger charge is -2.25. The number of benzene rings is 2. The number of anilines is 2. The van der Waals surface area contributed by atoms with Gasteiger partial charge in [0.05, 0.1) is 0 Å². The highest BCUT2D eigenvalue weighted by atomic mass is 16.1. The van der Waals surface area contributed by atoms with Crippen molar-refractivity contribution < 1.29 is 9.59 Å².